The largest absolute Gasteiger partial charge is 0.367 e. The maximum Gasteiger partial charge on any atom is 0.188 e. The second kappa shape index (κ2) is 5.13. The summed E-state index contributed by atoms with van der Waals surface area (Å²) in [5.41, 5.74) is 1.51. The Morgan fingerprint density at radius 2 is 2.10 bits per heavy atom. The molecule has 0 amide bonds. The lowest BCUT2D eigenvalue weighted by Crippen LogP contribution is -2.20. The minimum Gasteiger partial charge on any atom is -0.367 e. The average Bonchev–Trinajstić information content (AvgIpc) is 3.08. The molecule has 0 fully saturated rings. The molecule has 0 atom stereocenters. The third kappa shape index (κ3) is 2.34. The highest BCUT2D eigenvalue weighted by Crippen LogP contribution is 2.31. The minimum absolute atomic E-state index is 0.0804. The maximum absolute atomic E-state index is 13.0. The van der Waals surface area contributed by atoms with Gasteiger partial charge in [-0.2, -0.15) is 0 Å². The van der Waals surface area contributed by atoms with Crippen LogP contribution in [0.25, 0.3) is 10.4 Å². The first kappa shape index (κ1) is 12.9. The number of aromatic nitrogens is 1. The van der Waals surface area contributed by atoms with E-state index in [1.54, 1.807) is 12.1 Å². The highest BCUT2D eigenvalue weighted by molar-refractivity contribution is 7.17. The number of benzene rings is 1. The number of halogens is 1. The van der Waals surface area contributed by atoms with E-state index in [1.807, 2.05) is 0 Å². The number of nitrogens with zero attached hydrogens (tertiary/aromatic N) is 2. The first-order valence-corrected chi connectivity index (χ1v) is 7.03. The number of aliphatic imine (C=N–C) groups is 1. The number of thiazole rings is 1. The van der Waals surface area contributed by atoms with E-state index in [9.17, 15) is 9.18 Å². The SMILES string of the molecule is CC(=O)c1nc(C2=NCCN2)c(-c2ccc(F)cc2)s1. The minimum atomic E-state index is -0.289. The van der Waals surface area contributed by atoms with Gasteiger partial charge in [-0.15, -0.1) is 11.3 Å². The second-order valence-electron chi connectivity index (χ2n) is 4.42. The fourth-order valence-electron chi connectivity index (χ4n) is 1.98. The van der Waals surface area contributed by atoms with E-state index in [4.69, 9.17) is 0 Å². The van der Waals surface area contributed by atoms with E-state index in [0.717, 1.165) is 17.0 Å². The smallest absolute Gasteiger partial charge is 0.188 e. The molecule has 1 aliphatic heterocycles. The van der Waals surface area contributed by atoms with Gasteiger partial charge >= 0.3 is 0 Å². The van der Waals surface area contributed by atoms with Crippen LogP contribution in [0.2, 0.25) is 0 Å². The molecule has 1 aliphatic rings. The highest BCUT2D eigenvalue weighted by atomic mass is 32.1. The molecule has 4 nitrogen and oxygen atoms in total. The van der Waals surface area contributed by atoms with Crippen molar-refractivity contribution < 1.29 is 9.18 Å². The van der Waals surface area contributed by atoms with Gasteiger partial charge < -0.3 is 5.32 Å². The second-order valence-corrected chi connectivity index (χ2v) is 5.42. The third-order valence-electron chi connectivity index (χ3n) is 2.93. The summed E-state index contributed by atoms with van der Waals surface area (Å²) in [5.74, 6) is 0.333. The van der Waals surface area contributed by atoms with Gasteiger partial charge in [0.15, 0.2) is 10.8 Å². The van der Waals surface area contributed by atoms with Crippen molar-refractivity contribution in [2.45, 2.75) is 6.92 Å². The lowest BCUT2D eigenvalue weighted by Gasteiger charge is -2.03. The number of amidine groups is 1. The maximum atomic E-state index is 13.0. The number of rotatable bonds is 3. The van der Waals surface area contributed by atoms with Crippen LogP contribution in [0, 0.1) is 5.82 Å². The standard InChI is InChI=1S/C14H12FN3OS/c1-8(19)14-18-11(13-16-6-7-17-13)12(20-14)9-2-4-10(15)5-3-9/h2-5H,6-7H2,1H3,(H,16,17). The molecule has 0 unspecified atom stereocenters. The van der Waals surface area contributed by atoms with Gasteiger partial charge in [-0.1, -0.05) is 12.1 Å². The molecule has 0 aliphatic carbocycles. The number of hydrogen-bond donors (Lipinski definition) is 1. The summed E-state index contributed by atoms with van der Waals surface area (Å²) >= 11 is 1.31. The fraction of sp³-hybridized carbons (Fsp3) is 0.214. The summed E-state index contributed by atoms with van der Waals surface area (Å²) in [6.07, 6.45) is 0. The molecule has 1 aromatic carbocycles. The van der Waals surface area contributed by atoms with Crippen molar-refractivity contribution in [1.82, 2.24) is 10.3 Å². The zero-order valence-electron chi connectivity index (χ0n) is 10.8. The van der Waals surface area contributed by atoms with Crippen LogP contribution in [0.3, 0.4) is 0 Å². The molecular weight excluding hydrogens is 277 g/mol. The van der Waals surface area contributed by atoms with Crippen LogP contribution in [0.4, 0.5) is 4.39 Å². The van der Waals surface area contributed by atoms with Gasteiger partial charge in [-0.3, -0.25) is 9.79 Å². The molecule has 3 rings (SSSR count). The van der Waals surface area contributed by atoms with Crippen LogP contribution < -0.4 is 5.32 Å². The molecule has 2 heterocycles. The molecule has 20 heavy (non-hydrogen) atoms. The highest BCUT2D eigenvalue weighted by Gasteiger charge is 2.21. The van der Waals surface area contributed by atoms with E-state index in [2.05, 4.69) is 15.3 Å². The van der Waals surface area contributed by atoms with Gasteiger partial charge in [-0.05, 0) is 17.7 Å². The Kier molecular flexibility index (Phi) is 3.31. The molecule has 6 heteroatoms. The van der Waals surface area contributed by atoms with E-state index in [0.29, 0.717) is 23.1 Å². The van der Waals surface area contributed by atoms with Gasteiger partial charge in [-0.25, -0.2) is 9.37 Å². The molecular formula is C14H12FN3OS. The Morgan fingerprint density at radius 3 is 2.70 bits per heavy atom. The Morgan fingerprint density at radius 1 is 1.35 bits per heavy atom. The molecule has 0 spiro atoms. The predicted octanol–water partition coefficient (Wildman–Crippen LogP) is 2.50. The predicted molar refractivity (Wildman–Crippen MR) is 76.9 cm³/mol. The van der Waals surface area contributed by atoms with Gasteiger partial charge in [0.25, 0.3) is 0 Å². The van der Waals surface area contributed by atoms with Crippen LogP contribution in [0.15, 0.2) is 29.3 Å². The summed E-state index contributed by atoms with van der Waals surface area (Å²) in [6, 6.07) is 6.17. The monoisotopic (exact) mass is 289 g/mol. The normalized spacial score (nSPS) is 14.0. The molecule has 0 saturated heterocycles. The first-order valence-electron chi connectivity index (χ1n) is 6.21. The van der Waals surface area contributed by atoms with Crippen LogP contribution in [-0.2, 0) is 0 Å². The molecule has 1 N–H and O–H groups in total. The number of nitrogens with one attached hydrogen (secondary N) is 1. The Bertz CT molecular complexity index is 691. The van der Waals surface area contributed by atoms with Gasteiger partial charge in [0.05, 0.1) is 11.4 Å². The summed E-state index contributed by atoms with van der Waals surface area (Å²) in [4.78, 5) is 21.1. The Labute approximate surface area is 119 Å². The summed E-state index contributed by atoms with van der Waals surface area (Å²) in [5, 5.41) is 3.60. The quantitative estimate of drug-likeness (QED) is 0.883. The van der Waals surface area contributed by atoms with Crippen LogP contribution in [-0.4, -0.2) is 29.7 Å². The Hall–Kier alpha value is -2.08. The Balaban J connectivity index is 2.12. The molecule has 2 aromatic rings. The fourth-order valence-corrected chi connectivity index (χ4v) is 2.95. The van der Waals surface area contributed by atoms with Crippen molar-refractivity contribution in [2.24, 2.45) is 4.99 Å². The van der Waals surface area contributed by atoms with Crippen molar-refractivity contribution in [3.8, 4) is 10.4 Å². The lowest BCUT2D eigenvalue weighted by atomic mass is 10.1. The van der Waals surface area contributed by atoms with Crippen molar-refractivity contribution >= 4 is 23.0 Å². The molecule has 0 saturated carbocycles. The van der Waals surface area contributed by atoms with Gasteiger partial charge in [0, 0.05) is 13.5 Å². The zero-order valence-corrected chi connectivity index (χ0v) is 11.6. The number of hydrogen-bond acceptors (Lipinski definition) is 5. The van der Waals surface area contributed by atoms with Crippen LogP contribution in [0.5, 0.6) is 0 Å². The van der Waals surface area contributed by atoms with Crippen LogP contribution in [0.1, 0.15) is 22.4 Å². The van der Waals surface area contributed by atoms with E-state index in [-0.39, 0.29) is 11.6 Å². The van der Waals surface area contributed by atoms with Crippen molar-refractivity contribution in [2.75, 3.05) is 13.1 Å². The first-order chi connectivity index (χ1) is 9.65. The molecule has 0 bridgehead atoms. The summed E-state index contributed by atoms with van der Waals surface area (Å²) < 4.78 is 13.0. The van der Waals surface area contributed by atoms with Crippen molar-refractivity contribution in [1.29, 1.82) is 0 Å². The number of ketones is 1. The van der Waals surface area contributed by atoms with Crippen LogP contribution >= 0.6 is 11.3 Å². The van der Waals surface area contributed by atoms with Gasteiger partial charge in [0.2, 0.25) is 0 Å². The van der Waals surface area contributed by atoms with E-state index < -0.39 is 0 Å². The summed E-state index contributed by atoms with van der Waals surface area (Å²) in [6.45, 7) is 2.96. The third-order valence-corrected chi connectivity index (χ3v) is 4.14. The van der Waals surface area contributed by atoms with E-state index >= 15 is 0 Å². The van der Waals surface area contributed by atoms with Crippen molar-refractivity contribution in [3.05, 3.63) is 40.8 Å². The summed E-state index contributed by atoms with van der Waals surface area (Å²) in [7, 11) is 0. The van der Waals surface area contributed by atoms with Crippen molar-refractivity contribution in [3.63, 3.8) is 0 Å². The number of Topliss-reactive ketones (excluding diaryl/α,β-unsaturated/α-hetero) is 1. The number of carbonyl (C=O) groups excluding carboxylic acids is 1. The zero-order chi connectivity index (χ0) is 14.1. The number of carbonyl (C=O) groups is 1. The molecule has 102 valence electrons. The van der Waals surface area contributed by atoms with Gasteiger partial charge in [0.1, 0.15) is 17.3 Å². The molecule has 0 radical (unpaired) electrons. The average molecular weight is 289 g/mol. The topological polar surface area (TPSA) is 54.4 Å². The lowest BCUT2D eigenvalue weighted by molar-refractivity contribution is 0.101. The molecule has 1 aromatic heterocycles. The van der Waals surface area contributed by atoms with E-state index in [1.165, 1.54) is 30.4 Å².